The highest BCUT2D eigenvalue weighted by Gasteiger charge is 1.98. The molecule has 76 valence electrons. The Morgan fingerprint density at radius 1 is 1.00 bits per heavy atom. The van der Waals surface area contributed by atoms with Crippen molar-refractivity contribution >= 4 is 11.6 Å². The number of rotatable bonds is 3. The summed E-state index contributed by atoms with van der Waals surface area (Å²) in [6, 6.07) is 12.5. The van der Waals surface area contributed by atoms with Crippen molar-refractivity contribution in [2.24, 2.45) is 0 Å². The van der Waals surface area contributed by atoms with Crippen LogP contribution >= 0.6 is 11.6 Å². The summed E-state index contributed by atoms with van der Waals surface area (Å²) in [7, 11) is 0. The number of pyridine rings is 1. The van der Waals surface area contributed by atoms with E-state index in [9.17, 15) is 0 Å². The lowest BCUT2D eigenvalue weighted by atomic mass is 10.0. The Kier molecular flexibility index (Phi) is 3.36. The SMILES string of the molecule is ClCCc1cccc(-c2ccncc2)c1. The average molecular weight is 218 g/mol. The third-order valence-corrected chi connectivity index (χ3v) is 2.51. The Bertz CT molecular complexity index is 426. The van der Waals surface area contributed by atoms with E-state index in [1.54, 1.807) is 0 Å². The predicted molar refractivity (Wildman–Crippen MR) is 64.1 cm³/mol. The first-order valence-electron chi connectivity index (χ1n) is 4.95. The standard InChI is InChI=1S/C13H12ClN/c14-7-4-11-2-1-3-13(10-11)12-5-8-15-9-6-12/h1-3,5-6,8-10H,4,7H2. The molecule has 0 radical (unpaired) electrons. The number of nitrogens with zero attached hydrogens (tertiary/aromatic N) is 1. The average Bonchev–Trinajstić information content (AvgIpc) is 2.31. The van der Waals surface area contributed by atoms with Gasteiger partial charge in [0.1, 0.15) is 0 Å². The van der Waals surface area contributed by atoms with E-state index in [2.05, 4.69) is 29.2 Å². The molecule has 1 aromatic heterocycles. The number of hydrogen-bond donors (Lipinski definition) is 0. The van der Waals surface area contributed by atoms with Crippen molar-refractivity contribution in [3.05, 3.63) is 54.4 Å². The zero-order chi connectivity index (χ0) is 10.5. The topological polar surface area (TPSA) is 12.9 Å². The third kappa shape index (κ3) is 2.57. The van der Waals surface area contributed by atoms with Gasteiger partial charge in [-0.25, -0.2) is 0 Å². The second-order valence-corrected chi connectivity index (χ2v) is 3.75. The lowest BCUT2D eigenvalue weighted by Gasteiger charge is -2.03. The van der Waals surface area contributed by atoms with E-state index in [0.29, 0.717) is 5.88 Å². The van der Waals surface area contributed by atoms with E-state index in [1.165, 1.54) is 16.7 Å². The van der Waals surface area contributed by atoms with Gasteiger partial charge >= 0.3 is 0 Å². The molecular formula is C13H12ClN. The molecule has 0 unspecified atom stereocenters. The number of benzene rings is 1. The normalized spacial score (nSPS) is 10.2. The number of aromatic nitrogens is 1. The quantitative estimate of drug-likeness (QED) is 0.717. The molecule has 1 heterocycles. The van der Waals surface area contributed by atoms with Crippen molar-refractivity contribution in [2.45, 2.75) is 6.42 Å². The summed E-state index contributed by atoms with van der Waals surface area (Å²) < 4.78 is 0. The lowest BCUT2D eigenvalue weighted by Crippen LogP contribution is -1.86. The minimum Gasteiger partial charge on any atom is -0.265 e. The minimum absolute atomic E-state index is 0.666. The van der Waals surface area contributed by atoms with Crippen molar-refractivity contribution in [2.75, 3.05) is 5.88 Å². The van der Waals surface area contributed by atoms with Crippen LogP contribution in [0.25, 0.3) is 11.1 Å². The van der Waals surface area contributed by atoms with Gasteiger partial charge in [-0.2, -0.15) is 0 Å². The predicted octanol–water partition coefficient (Wildman–Crippen LogP) is 3.53. The molecular weight excluding hydrogens is 206 g/mol. The monoisotopic (exact) mass is 217 g/mol. The van der Waals surface area contributed by atoms with Crippen LogP contribution in [0.1, 0.15) is 5.56 Å². The van der Waals surface area contributed by atoms with Crippen molar-refractivity contribution in [1.82, 2.24) is 4.98 Å². The largest absolute Gasteiger partial charge is 0.265 e. The van der Waals surface area contributed by atoms with Gasteiger partial charge in [0.2, 0.25) is 0 Å². The highest BCUT2D eigenvalue weighted by atomic mass is 35.5. The highest BCUT2D eigenvalue weighted by Crippen LogP contribution is 2.19. The molecule has 0 bridgehead atoms. The van der Waals surface area contributed by atoms with Crippen LogP contribution in [0.2, 0.25) is 0 Å². The van der Waals surface area contributed by atoms with Gasteiger partial charge in [-0.3, -0.25) is 4.98 Å². The molecule has 0 aliphatic carbocycles. The fourth-order valence-electron chi connectivity index (χ4n) is 1.56. The fraction of sp³-hybridized carbons (Fsp3) is 0.154. The molecule has 0 saturated carbocycles. The molecule has 0 fully saturated rings. The molecule has 2 aromatic rings. The third-order valence-electron chi connectivity index (χ3n) is 2.32. The van der Waals surface area contributed by atoms with Gasteiger partial charge in [0.15, 0.2) is 0 Å². The summed E-state index contributed by atoms with van der Waals surface area (Å²) in [6.07, 6.45) is 4.54. The highest BCUT2D eigenvalue weighted by molar-refractivity contribution is 6.18. The molecule has 0 aliphatic rings. The van der Waals surface area contributed by atoms with Crippen LogP contribution in [0.15, 0.2) is 48.8 Å². The Morgan fingerprint density at radius 3 is 2.53 bits per heavy atom. The molecule has 0 spiro atoms. The lowest BCUT2D eigenvalue weighted by molar-refractivity contribution is 1.15. The molecule has 15 heavy (non-hydrogen) atoms. The van der Waals surface area contributed by atoms with Gasteiger partial charge in [-0.05, 0) is 35.2 Å². The molecule has 0 N–H and O–H groups in total. The van der Waals surface area contributed by atoms with Gasteiger partial charge < -0.3 is 0 Å². The van der Waals surface area contributed by atoms with E-state index in [1.807, 2.05) is 24.5 Å². The first-order valence-corrected chi connectivity index (χ1v) is 5.49. The van der Waals surface area contributed by atoms with E-state index in [4.69, 9.17) is 11.6 Å². The minimum atomic E-state index is 0.666. The Labute approximate surface area is 94.7 Å². The van der Waals surface area contributed by atoms with Gasteiger partial charge in [-0.1, -0.05) is 24.3 Å². The van der Waals surface area contributed by atoms with Crippen LogP contribution in [-0.2, 0) is 6.42 Å². The summed E-state index contributed by atoms with van der Waals surface area (Å²) in [5.74, 6) is 0.666. The first-order chi connectivity index (χ1) is 7.40. The zero-order valence-electron chi connectivity index (χ0n) is 8.36. The second kappa shape index (κ2) is 4.94. The zero-order valence-corrected chi connectivity index (χ0v) is 9.11. The van der Waals surface area contributed by atoms with Crippen LogP contribution in [0, 0.1) is 0 Å². The maximum absolute atomic E-state index is 5.72. The van der Waals surface area contributed by atoms with Crippen LogP contribution in [0.4, 0.5) is 0 Å². The Balaban J connectivity index is 2.33. The van der Waals surface area contributed by atoms with Crippen LogP contribution in [0.3, 0.4) is 0 Å². The molecule has 0 atom stereocenters. The number of alkyl halides is 1. The summed E-state index contributed by atoms with van der Waals surface area (Å²) in [5.41, 5.74) is 3.70. The number of hydrogen-bond acceptors (Lipinski definition) is 1. The van der Waals surface area contributed by atoms with Gasteiger partial charge in [0, 0.05) is 18.3 Å². The van der Waals surface area contributed by atoms with E-state index < -0.39 is 0 Å². The van der Waals surface area contributed by atoms with E-state index in [0.717, 1.165) is 6.42 Å². The van der Waals surface area contributed by atoms with Gasteiger partial charge in [-0.15, -0.1) is 11.6 Å². The number of aryl methyl sites for hydroxylation is 1. The van der Waals surface area contributed by atoms with E-state index in [-0.39, 0.29) is 0 Å². The van der Waals surface area contributed by atoms with Crippen LogP contribution in [-0.4, -0.2) is 10.9 Å². The molecule has 2 heteroatoms. The Morgan fingerprint density at radius 2 is 1.80 bits per heavy atom. The van der Waals surface area contributed by atoms with E-state index >= 15 is 0 Å². The summed E-state index contributed by atoms with van der Waals surface area (Å²) in [5, 5.41) is 0. The van der Waals surface area contributed by atoms with Crippen molar-refractivity contribution < 1.29 is 0 Å². The summed E-state index contributed by atoms with van der Waals surface area (Å²) >= 11 is 5.72. The van der Waals surface area contributed by atoms with Crippen molar-refractivity contribution in [3.63, 3.8) is 0 Å². The summed E-state index contributed by atoms with van der Waals surface area (Å²) in [6.45, 7) is 0. The number of halogens is 1. The van der Waals surface area contributed by atoms with Gasteiger partial charge in [0.25, 0.3) is 0 Å². The molecule has 0 aliphatic heterocycles. The molecule has 1 nitrogen and oxygen atoms in total. The molecule has 0 amide bonds. The molecule has 2 rings (SSSR count). The first kappa shape index (κ1) is 10.2. The van der Waals surface area contributed by atoms with Crippen molar-refractivity contribution in [3.8, 4) is 11.1 Å². The summed E-state index contributed by atoms with van der Waals surface area (Å²) in [4.78, 5) is 4.01. The maximum atomic E-state index is 5.72. The fourth-order valence-corrected chi connectivity index (χ4v) is 1.78. The Hall–Kier alpha value is -1.34. The van der Waals surface area contributed by atoms with Crippen LogP contribution < -0.4 is 0 Å². The maximum Gasteiger partial charge on any atom is 0.0273 e. The smallest absolute Gasteiger partial charge is 0.0273 e. The van der Waals surface area contributed by atoms with Crippen LogP contribution in [0.5, 0.6) is 0 Å². The van der Waals surface area contributed by atoms with Crippen molar-refractivity contribution in [1.29, 1.82) is 0 Å². The second-order valence-electron chi connectivity index (χ2n) is 3.38. The molecule has 0 saturated heterocycles. The molecule has 1 aromatic carbocycles. The van der Waals surface area contributed by atoms with Gasteiger partial charge in [0.05, 0.1) is 0 Å².